The van der Waals surface area contributed by atoms with E-state index in [1.807, 2.05) is 4.98 Å². The van der Waals surface area contributed by atoms with Gasteiger partial charge in [-0.3, -0.25) is 28.9 Å². The van der Waals surface area contributed by atoms with Crippen molar-refractivity contribution in [1.29, 1.82) is 0 Å². The monoisotopic (exact) mass is 394 g/mol. The van der Waals surface area contributed by atoms with Crippen molar-refractivity contribution >= 4 is 17.9 Å². The first kappa shape index (κ1) is 22.2. The summed E-state index contributed by atoms with van der Waals surface area (Å²) in [5.41, 5.74) is -0.928. The third-order valence-corrected chi connectivity index (χ3v) is 3.20. The lowest BCUT2D eigenvalue weighted by molar-refractivity contribution is -0.139. The Balaban J connectivity index is 0.000000226. The fraction of sp³-hybridized carbons (Fsp3) is 0.312. The molecule has 4 N–H and O–H groups in total. The van der Waals surface area contributed by atoms with E-state index in [2.05, 4.69) is 9.97 Å². The van der Waals surface area contributed by atoms with Crippen molar-refractivity contribution in [3.05, 3.63) is 56.9 Å². The van der Waals surface area contributed by atoms with E-state index in [-0.39, 0.29) is 11.6 Å². The van der Waals surface area contributed by atoms with Gasteiger partial charge in [-0.25, -0.2) is 14.6 Å². The number of aryl methyl sites for hydroxylation is 1. The summed E-state index contributed by atoms with van der Waals surface area (Å²) in [6, 6.07) is 0. The summed E-state index contributed by atoms with van der Waals surface area (Å²) in [5.74, 6) is -2.79. The van der Waals surface area contributed by atoms with Gasteiger partial charge in [0.1, 0.15) is 6.54 Å². The van der Waals surface area contributed by atoms with Crippen LogP contribution in [0.4, 0.5) is 0 Å². The van der Waals surface area contributed by atoms with Crippen molar-refractivity contribution in [3.63, 3.8) is 0 Å². The van der Waals surface area contributed by atoms with Crippen LogP contribution in [0.25, 0.3) is 0 Å². The van der Waals surface area contributed by atoms with E-state index in [4.69, 9.17) is 15.3 Å². The van der Waals surface area contributed by atoms with Gasteiger partial charge in [-0.2, -0.15) is 0 Å². The zero-order chi connectivity index (χ0) is 21.3. The van der Waals surface area contributed by atoms with Crippen LogP contribution in [0, 0.1) is 12.8 Å². The molecule has 2 heterocycles. The van der Waals surface area contributed by atoms with Gasteiger partial charge < -0.3 is 15.3 Å². The van der Waals surface area contributed by atoms with Gasteiger partial charge in [0, 0.05) is 24.2 Å². The minimum absolute atomic E-state index is 0.0185. The number of H-pyrrole nitrogens is 1. The molecule has 0 atom stereocenters. The fourth-order valence-electron chi connectivity index (χ4n) is 1.62. The molecule has 0 aromatic carbocycles. The molecular formula is C16H18N4O8. The number of carboxylic acid groups (broad SMARTS) is 3. The van der Waals surface area contributed by atoms with Crippen LogP contribution in [0.15, 0.2) is 34.4 Å². The Bertz CT molecular complexity index is 947. The highest BCUT2D eigenvalue weighted by Gasteiger charge is 2.28. The van der Waals surface area contributed by atoms with Crippen LogP contribution in [-0.4, -0.2) is 52.7 Å². The maximum atomic E-state index is 11.0. The Morgan fingerprint density at radius 1 is 1.18 bits per heavy atom. The molecule has 0 aliphatic heterocycles. The van der Waals surface area contributed by atoms with Crippen molar-refractivity contribution in [2.45, 2.75) is 26.3 Å². The first-order chi connectivity index (χ1) is 13.1. The van der Waals surface area contributed by atoms with Gasteiger partial charge >= 0.3 is 23.6 Å². The average Bonchev–Trinajstić information content (AvgIpc) is 3.46. The SMILES string of the molecule is Cc1cn(CC(=O)O)c(=O)[nH]c1=O.O=C(O)C1CC1.O=C(O)c1cnccn1. The average molecular weight is 394 g/mol. The zero-order valence-electron chi connectivity index (χ0n) is 14.7. The summed E-state index contributed by atoms with van der Waals surface area (Å²) >= 11 is 0. The number of nitrogens with zero attached hydrogens (tertiary/aromatic N) is 3. The van der Waals surface area contributed by atoms with Crippen LogP contribution in [0.2, 0.25) is 0 Å². The summed E-state index contributed by atoms with van der Waals surface area (Å²) in [6.45, 7) is 1.05. The fourth-order valence-corrected chi connectivity index (χ4v) is 1.62. The normalized spacial score (nSPS) is 11.9. The number of hydrogen-bond acceptors (Lipinski definition) is 7. The molecule has 0 amide bonds. The largest absolute Gasteiger partial charge is 0.481 e. The third kappa shape index (κ3) is 8.03. The molecule has 0 bridgehead atoms. The first-order valence-electron chi connectivity index (χ1n) is 7.86. The van der Waals surface area contributed by atoms with E-state index in [1.54, 1.807) is 0 Å². The van der Waals surface area contributed by atoms with Gasteiger partial charge in [0.05, 0.1) is 12.1 Å². The number of carboxylic acids is 3. The lowest BCUT2D eigenvalue weighted by Gasteiger charge is -2.00. The van der Waals surface area contributed by atoms with Crippen LogP contribution in [0.5, 0.6) is 0 Å². The topological polar surface area (TPSA) is 193 Å². The molecule has 0 radical (unpaired) electrons. The van der Waals surface area contributed by atoms with E-state index >= 15 is 0 Å². The molecule has 0 unspecified atom stereocenters. The standard InChI is InChI=1S/C7H8N2O4.C5H4N2O2.C4H6O2/c1-4-2-9(3-5(10)11)7(13)8-6(4)12;8-5(9)4-3-6-1-2-7-4;5-4(6)3-1-2-3/h2H,3H2,1H3,(H,10,11)(H,8,12,13);1-3H,(H,8,9);3H,1-2H2,(H,5,6). The molecule has 12 heteroatoms. The number of aromatic nitrogens is 4. The van der Waals surface area contributed by atoms with E-state index in [0.717, 1.165) is 17.4 Å². The van der Waals surface area contributed by atoms with Crippen LogP contribution in [-0.2, 0) is 16.1 Å². The lowest BCUT2D eigenvalue weighted by Crippen LogP contribution is -2.32. The van der Waals surface area contributed by atoms with Crippen LogP contribution < -0.4 is 11.2 Å². The molecule has 2 aromatic rings. The highest BCUT2D eigenvalue weighted by molar-refractivity contribution is 5.84. The Kier molecular flexibility index (Phi) is 8.21. The number of aromatic carboxylic acids is 1. The number of hydrogen-bond donors (Lipinski definition) is 4. The molecule has 1 fully saturated rings. The number of nitrogens with one attached hydrogen (secondary N) is 1. The van der Waals surface area contributed by atoms with Gasteiger partial charge in [0.25, 0.3) is 5.56 Å². The summed E-state index contributed by atoms with van der Waals surface area (Å²) in [4.78, 5) is 61.0. The predicted octanol–water partition coefficient (Wildman–Crippen LogP) is -0.415. The Morgan fingerprint density at radius 2 is 1.82 bits per heavy atom. The van der Waals surface area contributed by atoms with Crippen molar-refractivity contribution in [1.82, 2.24) is 19.5 Å². The van der Waals surface area contributed by atoms with Gasteiger partial charge in [-0.05, 0) is 19.8 Å². The molecule has 1 aliphatic rings. The predicted molar refractivity (Wildman–Crippen MR) is 93.0 cm³/mol. The highest BCUT2D eigenvalue weighted by Crippen LogP contribution is 2.28. The van der Waals surface area contributed by atoms with Crippen molar-refractivity contribution in [2.75, 3.05) is 0 Å². The number of aromatic amines is 1. The molecule has 150 valence electrons. The van der Waals surface area contributed by atoms with Crippen LogP contribution >= 0.6 is 0 Å². The van der Waals surface area contributed by atoms with E-state index in [1.165, 1.54) is 31.7 Å². The third-order valence-electron chi connectivity index (χ3n) is 3.20. The quantitative estimate of drug-likeness (QED) is 0.529. The van der Waals surface area contributed by atoms with Crippen LogP contribution in [0.3, 0.4) is 0 Å². The Morgan fingerprint density at radius 3 is 2.18 bits per heavy atom. The molecule has 2 aromatic heterocycles. The minimum Gasteiger partial charge on any atom is -0.481 e. The second kappa shape index (κ2) is 10.4. The molecule has 0 spiro atoms. The van der Waals surface area contributed by atoms with Gasteiger partial charge in [-0.15, -0.1) is 0 Å². The summed E-state index contributed by atoms with van der Waals surface area (Å²) in [7, 11) is 0. The molecule has 0 saturated heterocycles. The second-order valence-electron chi connectivity index (χ2n) is 5.60. The number of carbonyl (C=O) groups is 3. The summed E-state index contributed by atoms with van der Waals surface area (Å²) in [5, 5.41) is 24.7. The molecule has 1 aliphatic carbocycles. The molecule has 28 heavy (non-hydrogen) atoms. The van der Waals surface area contributed by atoms with Crippen molar-refractivity contribution < 1.29 is 29.7 Å². The molecular weight excluding hydrogens is 376 g/mol. The van der Waals surface area contributed by atoms with E-state index < -0.39 is 35.7 Å². The minimum atomic E-state index is -1.13. The molecule has 3 rings (SSSR count). The second-order valence-corrected chi connectivity index (χ2v) is 5.60. The lowest BCUT2D eigenvalue weighted by atomic mass is 10.4. The van der Waals surface area contributed by atoms with Gasteiger partial charge in [-0.1, -0.05) is 0 Å². The van der Waals surface area contributed by atoms with E-state index in [9.17, 15) is 24.0 Å². The Hall–Kier alpha value is -3.83. The summed E-state index contributed by atoms with van der Waals surface area (Å²) in [6.07, 6.45) is 6.97. The summed E-state index contributed by atoms with van der Waals surface area (Å²) < 4.78 is 0.930. The molecule has 12 nitrogen and oxygen atoms in total. The van der Waals surface area contributed by atoms with E-state index in [0.29, 0.717) is 5.56 Å². The van der Waals surface area contributed by atoms with Crippen molar-refractivity contribution in [2.24, 2.45) is 5.92 Å². The first-order valence-corrected chi connectivity index (χ1v) is 7.86. The number of aliphatic carboxylic acids is 2. The molecule has 1 saturated carbocycles. The van der Waals surface area contributed by atoms with Gasteiger partial charge in [0.2, 0.25) is 0 Å². The van der Waals surface area contributed by atoms with Gasteiger partial charge in [0.15, 0.2) is 5.69 Å². The maximum absolute atomic E-state index is 11.0. The highest BCUT2D eigenvalue weighted by atomic mass is 16.4. The zero-order valence-corrected chi connectivity index (χ0v) is 14.7. The smallest absolute Gasteiger partial charge is 0.356 e. The maximum Gasteiger partial charge on any atom is 0.356 e. The number of rotatable bonds is 4. The Labute approximate surface area is 157 Å². The van der Waals surface area contributed by atoms with Crippen molar-refractivity contribution in [3.8, 4) is 0 Å². The van der Waals surface area contributed by atoms with Crippen LogP contribution in [0.1, 0.15) is 28.9 Å².